The lowest BCUT2D eigenvalue weighted by Crippen LogP contribution is -2.26. The van der Waals surface area contributed by atoms with Crippen molar-refractivity contribution in [2.24, 2.45) is 5.73 Å². The summed E-state index contributed by atoms with van der Waals surface area (Å²) in [5.74, 6) is 0.336. The van der Waals surface area contributed by atoms with Crippen LogP contribution in [0.1, 0.15) is 6.92 Å². The van der Waals surface area contributed by atoms with Crippen LogP contribution in [0.4, 0.5) is 5.95 Å². The van der Waals surface area contributed by atoms with Gasteiger partial charge in [-0.3, -0.25) is 0 Å². The van der Waals surface area contributed by atoms with E-state index in [1.165, 1.54) is 0 Å². The first-order chi connectivity index (χ1) is 6.11. The molecule has 0 amide bonds. The lowest BCUT2D eigenvalue weighted by atomic mass is 10.3. The molecule has 72 valence electrons. The minimum Gasteiger partial charge on any atom is -0.350 e. The number of halogens is 2. The van der Waals surface area contributed by atoms with Gasteiger partial charge in [-0.25, -0.2) is 0 Å². The molecule has 0 bridgehead atoms. The van der Waals surface area contributed by atoms with Gasteiger partial charge < -0.3 is 11.1 Å². The maximum Gasteiger partial charge on any atom is 0.228 e. The molecule has 0 radical (unpaired) electrons. The molecule has 0 aliphatic carbocycles. The van der Waals surface area contributed by atoms with Crippen LogP contribution in [0, 0.1) is 0 Å². The summed E-state index contributed by atoms with van der Waals surface area (Å²) in [4.78, 5) is 11.2. The Kier molecular flexibility index (Phi) is 3.65. The molecule has 0 spiro atoms. The molecule has 0 aliphatic heterocycles. The van der Waals surface area contributed by atoms with Crippen LogP contribution in [0.25, 0.3) is 0 Å². The van der Waals surface area contributed by atoms with Crippen LogP contribution in [-0.2, 0) is 0 Å². The number of aromatic nitrogens is 3. The third-order valence-electron chi connectivity index (χ3n) is 1.31. The molecule has 1 aromatic heterocycles. The van der Waals surface area contributed by atoms with E-state index in [2.05, 4.69) is 20.3 Å². The van der Waals surface area contributed by atoms with Crippen molar-refractivity contribution in [1.29, 1.82) is 0 Å². The molecule has 1 atom stereocenters. The third-order valence-corrected chi connectivity index (χ3v) is 1.65. The van der Waals surface area contributed by atoms with E-state index in [1.54, 1.807) is 0 Å². The van der Waals surface area contributed by atoms with Crippen LogP contribution in [0.15, 0.2) is 0 Å². The molecule has 1 rings (SSSR count). The summed E-state index contributed by atoms with van der Waals surface area (Å²) in [7, 11) is 0. The highest BCUT2D eigenvalue weighted by Crippen LogP contribution is 2.09. The van der Waals surface area contributed by atoms with Crippen molar-refractivity contribution in [2.75, 3.05) is 11.9 Å². The van der Waals surface area contributed by atoms with E-state index in [0.717, 1.165) is 0 Å². The maximum atomic E-state index is 5.56. The Bertz CT molecular complexity index is 272. The third kappa shape index (κ3) is 3.30. The number of nitrogens with zero attached hydrogens (tertiary/aromatic N) is 3. The molecule has 0 fully saturated rings. The summed E-state index contributed by atoms with van der Waals surface area (Å²) >= 11 is 11.1. The highest BCUT2D eigenvalue weighted by Gasteiger charge is 2.05. The van der Waals surface area contributed by atoms with Crippen LogP contribution in [0.3, 0.4) is 0 Å². The zero-order valence-corrected chi connectivity index (χ0v) is 8.47. The molecule has 3 N–H and O–H groups in total. The van der Waals surface area contributed by atoms with Crippen LogP contribution < -0.4 is 11.1 Å². The van der Waals surface area contributed by atoms with Crippen LogP contribution >= 0.6 is 23.2 Å². The molecule has 1 heterocycles. The van der Waals surface area contributed by atoms with Crippen molar-refractivity contribution in [2.45, 2.75) is 13.0 Å². The Labute approximate surface area is 85.7 Å². The topological polar surface area (TPSA) is 76.7 Å². The van der Waals surface area contributed by atoms with Gasteiger partial charge in [0.05, 0.1) is 0 Å². The number of rotatable bonds is 3. The van der Waals surface area contributed by atoms with Gasteiger partial charge in [0.25, 0.3) is 0 Å². The summed E-state index contributed by atoms with van der Waals surface area (Å²) < 4.78 is 0. The molecule has 0 aliphatic rings. The Morgan fingerprint density at radius 2 is 1.85 bits per heavy atom. The van der Waals surface area contributed by atoms with Gasteiger partial charge in [-0.2, -0.15) is 15.0 Å². The minimum absolute atomic E-state index is 0.0618. The lowest BCUT2D eigenvalue weighted by molar-refractivity contribution is 0.787. The predicted molar refractivity (Wildman–Crippen MR) is 52.0 cm³/mol. The second-order valence-corrected chi connectivity index (χ2v) is 3.15. The van der Waals surface area contributed by atoms with Crippen molar-refractivity contribution in [3.8, 4) is 0 Å². The monoisotopic (exact) mass is 221 g/mol. The Balaban J connectivity index is 2.77. The fourth-order valence-electron chi connectivity index (χ4n) is 0.670. The van der Waals surface area contributed by atoms with Crippen molar-refractivity contribution in [3.63, 3.8) is 0 Å². The first-order valence-corrected chi connectivity index (χ1v) is 4.41. The van der Waals surface area contributed by atoms with E-state index < -0.39 is 0 Å². The number of nitrogens with one attached hydrogen (secondary N) is 1. The predicted octanol–water partition coefficient (Wildman–Crippen LogP) is 0.938. The van der Waals surface area contributed by atoms with Gasteiger partial charge in [0.2, 0.25) is 16.5 Å². The standard InChI is InChI=1S/C6H9Cl2N5/c1-3(2-9)10-6-12-4(7)11-5(8)13-6/h3H,2,9H2,1H3,(H,10,11,12,13). The summed E-state index contributed by atoms with van der Waals surface area (Å²) in [5.41, 5.74) is 5.40. The van der Waals surface area contributed by atoms with E-state index in [1.807, 2.05) is 6.92 Å². The lowest BCUT2D eigenvalue weighted by Gasteiger charge is -2.10. The SMILES string of the molecule is CC(CN)Nc1nc(Cl)nc(Cl)n1. The van der Waals surface area contributed by atoms with E-state index in [9.17, 15) is 0 Å². The van der Waals surface area contributed by atoms with Crippen molar-refractivity contribution >= 4 is 29.2 Å². The number of hydrogen-bond acceptors (Lipinski definition) is 5. The van der Waals surface area contributed by atoms with Gasteiger partial charge in [-0.1, -0.05) is 0 Å². The normalized spacial score (nSPS) is 12.6. The molecular formula is C6H9Cl2N5. The van der Waals surface area contributed by atoms with E-state index in [-0.39, 0.29) is 16.6 Å². The van der Waals surface area contributed by atoms with Gasteiger partial charge in [-0.05, 0) is 30.1 Å². The van der Waals surface area contributed by atoms with E-state index in [0.29, 0.717) is 12.5 Å². The quantitative estimate of drug-likeness (QED) is 0.795. The largest absolute Gasteiger partial charge is 0.350 e. The zero-order chi connectivity index (χ0) is 9.84. The molecule has 7 heteroatoms. The Morgan fingerprint density at radius 1 is 1.31 bits per heavy atom. The van der Waals surface area contributed by atoms with Crippen LogP contribution in [0.5, 0.6) is 0 Å². The average Bonchev–Trinajstić information content (AvgIpc) is 2.02. The molecule has 0 saturated heterocycles. The fourth-order valence-corrected chi connectivity index (χ4v) is 1.03. The van der Waals surface area contributed by atoms with Gasteiger partial charge in [0.15, 0.2) is 0 Å². The first-order valence-electron chi connectivity index (χ1n) is 3.65. The van der Waals surface area contributed by atoms with Crippen molar-refractivity contribution < 1.29 is 0 Å². The van der Waals surface area contributed by atoms with Gasteiger partial charge >= 0.3 is 0 Å². The molecule has 13 heavy (non-hydrogen) atoms. The summed E-state index contributed by atoms with van der Waals surface area (Å²) in [6, 6.07) is 0.0644. The molecule has 1 unspecified atom stereocenters. The molecule has 0 saturated carbocycles. The molecule has 1 aromatic rings. The highest BCUT2D eigenvalue weighted by atomic mass is 35.5. The average molecular weight is 222 g/mol. The van der Waals surface area contributed by atoms with Crippen LogP contribution in [0.2, 0.25) is 10.6 Å². The van der Waals surface area contributed by atoms with Crippen LogP contribution in [-0.4, -0.2) is 27.5 Å². The summed E-state index contributed by atoms with van der Waals surface area (Å²) in [6.07, 6.45) is 0. The number of nitrogens with two attached hydrogens (primary N) is 1. The van der Waals surface area contributed by atoms with E-state index >= 15 is 0 Å². The van der Waals surface area contributed by atoms with Crippen molar-refractivity contribution in [1.82, 2.24) is 15.0 Å². The molecule has 5 nitrogen and oxygen atoms in total. The molecule has 0 aromatic carbocycles. The second kappa shape index (κ2) is 4.55. The summed E-state index contributed by atoms with van der Waals surface area (Å²) in [6.45, 7) is 2.37. The first kappa shape index (κ1) is 10.4. The minimum atomic E-state index is 0.0618. The Morgan fingerprint density at radius 3 is 2.31 bits per heavy atom. The molecular weight excluding hydrogens is 213 g/mol. The van der Waals surface area contributed by atoms with Gasteiger partial charge in [0.1, 0.15) is 0 Å². The summed E-state index contributed by atoms with van der Waals surface area (Å²) in [5, 5.41) is 3.04. The van der Waals surface area contributed by atoms with Gasteiger partial charge in [-0.15, -0.1) is 0 Å². The second-order valence-electron chi connectivity index (χ2n) is 2.48. The van der Waals surface area contributed by atoms with Crippen molar-refractivity contribution in [3.05, 3.63) is 10.6 Å². The maximum absolute atomic E-state index is 5.56. The van der Waals surface area contributed by atoms with E-state index in [4.69, 9.17) is 28.9 Å². The number of anilines is 1. The fraction of sp³-hybridized carbons (Fsp3) is 0.500. The number of hydrogen-bond donors (Lipinski definition) is 2. The Hall–Kier alpha value is -0.650. The van der Waals surface area contributed by atoms with Gasteiger partial charge in [0, 0.05) is 12.6 Å². The smallest absolute Gasteiger partial charge is 0.228 e. The zero-order valence-electron chi connectivity index (χ0n) is 6.96. The highest BCUT2D eigenvalue weighted by molar-refractivity contribution is 6.31.